The van der Waals surface area contributed by atoms with Crippen LogP contribution in [0.3, 0.4) is 0 Å². The summed E-state index contributed by atoms with van der Waals surface area (Å²) < 4.78 is 11.9. The lowest BCUT2D eigenvalue weighted by atomic mass is 10.3. The highest BCUT2D eigenvalue weighted by Gasteiger charge is 2.09. The number of aliphatic carboxylic acids is 1. The van der Waals surface area contributed by atoms with Crippen LogP contribution in [0.25, 0.3) is 0 Å². The van der Waals surface area contributed by atoms with Crippen molar-refractivity contribution in [3.8, 4) is 0 Å². The molecule has 4 heteroatoms. The van der Waals surface area contributed by atoms with Gasteiger partial charge >= 0.3 is 5.97 Å². The fraction of sp³-hybridized carbons (Fsp3) is 0.875. The first kappa shape index (κ1) is 11.4. The van der Waals surface area contributed by atoms with Crippen LogP contribution in [-0.4, -0.2) is 41.8 Å². The van der Waals surface area contributed by atoms with Crippen LogP contribution in [0.2, 0.25) is 0 Å². The summed E-state index contributed by atoms with van der Waals surface area (Å²) in [7, 11) is 0. The molecular weight excluding hydrogens is 161 g/mol. The van der Waals surface area contributed by atoms with Crippen molar-refractivity contribution in [2.24, 2.45) is 0 Å². The number of carbonyl (C=O) groups is 1. The number of nitrogens with zero attached hydrogens (tertiary/aromatic N) is 1. The van der Waals surface area contributed by atoms with Crippen LogP contribution < -0.4 is 0 Å². The van der Waals surface area contributed by atoms with E-state index in [0.717, 1.165) is 0 Å². The molecule has 0 bridgehead atoms. The number of halogens is 1. The number of alkyl halides is 1. The molecule has 0 aliphatic carbocycles. The number of rotatable bonds is 6. The molecule has 1 N–H and O–H groups in total. The highest BCUT2D eigenvalue weighted by molar-refractivity contribution is 5.66. The van der Waals surface area contributed by atoms with Gasteiger partial charge in [0.15, 0.2) is 0 Å². The Balaban J connectivity index is 3.70. The van der Waals surface area contributed by atoms with E-state index in [1.54, 1.807) is 0 Å². The Hall–Kier alpha value is -0.640. The Bertz CT molecular complexity index is 139. The van der Waals surface area contributed by atoms with Gasteiger partial charge in [-0.1, -0.05) is 0 Å². The van der Waals surface area contributed by atoms with Crippen molar-refractivity contribution in [2.75, 3.05) is 19.8 Å². The van der Waals surface area contributed by atoms with Crippen LogP contribution >= 0.6 is 0 Å². The molecule has 0 aromatic carbocycles. The van der Waals surface area contributed by atoms with Crippen LogP contribution in [0.4, 0.5) is 4.39 Å². The Morgan fingerprint density at radius 2 is 2.08 bits per heavy atom. The van der Waals surface area contributed by atoms with Gasteiger partial charge in [0, 0.05) is 19.1 Å². The molecule has 3 nitrogen and oxygen atoms in total. The Labute approximate surface area is 72.2 Å². The maximum Gasteiger partial charge on any atom is 0.304 e. The SMILES string of the molecule is CC(C)N(CCF)CCC(=O)O. The molecule has 0 aliphatic rings. The van der Waals surface area contributed by atoms with E-state index in [0.29, 0.717) is 13.1 Å². The third kappa shape index (κ3) is 5.07. The molecule has 0 aromatic heterocycles. The van der Waals surface area contributed by atoms with Gasteiger partial charge < -0.3 is 5.11 Å². The molecule has 0 aromatic rings. The van der Waals surface area contributed by atoms with Gasteiger partial charge in [-0.25, -0.2) is 4.39 Å². The summed E-state index contributed by atoms with van der Waals surface area (Å²) >= 11 is 0. The molecule has 0 radical (unpaired) electrons. The number of carboxylic acid groups (broad SMARTS) is 1. The largest absolute Gasteiger partial charge is 0.481 e. The molecular formula is C8H16FNO2. The van der Waals surface area contributed by atoms with Gasteiger partial charge in [0.2, 0.25) is 0 Å². The predicted octanol–water partition coefficient (Wildman–Crippen LogP) is 1.14. The minimum absolute atomic E-state index is 0.0815. The lowest BCUT2D eigenvalue weighted by Crippen LogP contribution is -2.34. The Kier molecular flexibility index (Phi) is 5.62. The maximum absolute atomic E-state index is 11.9. The van der Waals surface area contributed by atoms with Gasteiger partial charge in [0.25, 0.3) is 0 Å². The second-order valence-electron chi connectivity index (χ2n) is 2.96. The molecule has 0 spiro atoms. The maximum atomic E-state index is 11.9. The van der Waals surface area contributed by atoms with Crippen LogP contribution in [0.15, 0.2) is 0 Å². The van der Waals surface area contributed by atoms with Crippen molar-refractivity contribution < 1.29 is 14.3 Å². The third-order valence-electron chi connectivity index (χ3n) is 1.71. The lowest BCUT2D eigenvalue weighted by molar-refractivity contribution is -0.137. The standard InChI is InChI=1S/C8H16FNO2/c1-7(2)10(6-4-9)5-3-8(11)12/h7H,3-6H2,1-2H3,(H,11,12). The monoisotopic (exact) mass is 177 g/mol. The van der Waals surface area contributed by atoms with E-state index in [2.05, 4.69) is 0 Å². The van der Waals surface area contributed by atoms with Gasteiger partial charge in [-0.15, -0.1) is 0 Å². The van der Waals surface area contributed by atoms with Gasteiger partial charge in [0.05, 0.1) is 6.42 Å². The second kappa shape index (κ2) is 5.94. The average molecular weight is 177 g/mol. The molecule has 0 saturated heterocycles. The zero-order valence-electron chi connectivity index (χ0n) is 7.59. The molecule has 0 atom stereocenters. The van der Waals surface area contributed by atoms with Gasteiger partial charge in [-0.2, -0.15) is 0 Å². The average Bonchev–Trinajstić information content (AvgIpc) is 1.96. The van der Waals surface area contributed by atoms with E-state index in [1.807, 2.05) is 18.7 Å². The van der Waals surface area contributed by atoms with Crippen LogP contribution in [0.1, 0.15) is 20.3 Å². The molecule has 0 rings (SSSR count). The predicted molar refractivity (Wildman–Crippen MR) is 44.9 cm³/mol. The summed E-state index contributed by atoms with van der Waals surface area (Å²) in [6.45, 7) is 4.19. The first-order valence-electron chi connectivity index (χ1n) is 4.09. The van der Waals surface area contributed by atoms with Crippen LogP contribution in [-0.2, 0) is 4.79 Å². The number of hydrogen-bond donors (Lipinski definition) is 1. The molecule has 0 unspecified atom stereocenters. The van der Waals surface area contributed by atoms with Crippen molar-refractivity contribution in [3.05, 3.63) is 0 Å². The zero-order chi connectivity index (χ0) is 9.56. The first-order valence-corrected chi connectivity index (χ1v) is 4.09. The lowest BCUT2D eigenvalue weighted by Gasteiger charge is -2.24. The van der Waals surface area contributed by atoms with Gasteiger partial charge in [0.1, 0.15) is 6.67 Å². The normalized spacial score (nSPS) is 11.1. The first-order chi connectivity index (χ1) is 5.57. The van der Waals surface area contributed by atoms with Crippen molar-refractivity contribution in [3.63, 3.8) is 0 Å². The van der Waals surface area contributed by atoms with Crippen LogP contribution in [0.5, 0.6) is 0 Å². The molecule has 0 aliphatic heterocycles. The topological polar surface area (TPSA) is 40.5 Å². The fourth-order valence-corrected chi connectivity index (χ4v) is 0.976. The van der Waals surface area contributed by atoms with Crippen molar-refractivity contribution in [2.45, 2.75) is 26.3 Å². The third-order valence-corrected chi connectivity index (χ3v) is 1.71. The second-order valence-corrected chi connectivity index (χ2v) is 2.96. The summed E-state index contributed by atoms with van der Waals surface area (Å²) in [5, 5.41) is 8.39. The number of hydrogen-bond acceptors (Lipinski definition) is 2. The smallest absolute Gasteiger partial charge is 0.304 e. The van der Waals surface area contributed by atoms with Gasteiger partial charge in [-0.05, 0) is 13.8 Å². The summed E-state index contributed by atoms with van der Waals surface area (Å²) in [4.78, 5) is 12.0. The summed E-state index contributed by atoms with van der Waals surface area (Å²) in [6.07, 6.45) is 0.0815. The Morgan fingerprint density at radius 1 is 1.50 bits per heavy atom. The van der Waals surface area contributed by atoms with Crippen molar-refractivity contribution >= 4 is 5.97 Å². The Morgan fingerprint density at radius 3 is 2.42 bits per heavy atom. The van der Waals surface area contributed by atoms with Crippen molar-refractivity contribution in [1.29, 1.82) is 0 Å². The minimum atomic E-state index is -0.834. The van der Waals surface area contributed by atoms with E-state index < -0.39 is 12.6 Å². The molecule has 72 valence electrons. The van der Waals surface area contributed by atoms with Gasteiger partial charge in [-0.3, -0.25) is 9.69 Å². The molecule has 0 heterocycles. The van der Waals surface area contributed by atoms with E-state index in [9.17, 15) is 9.18 Å². The minimum Gasteiger partial charge on any atom is -0.481 e. The molecule has 0 fully saturated rings. The zero-order valence-corrected chi connectivity index (χ0v) is 7.59. The summed E-state index contributed by atoms with van der Waals surface area (Å²) in [5.74, 6) is -0.834. The van der Waals surface area contributed by atoms with E-state index >= 15 is 0 Å². The number of carboxylic acids is 1. The fourth-order valence-electron chi connectivity index (χ4n) is 0.976. The van der Waals surface area contributed by atoms with Crippen molar-refractivity contribution in [1.82, 2.24) is 4.90 Å². The van der Waals surface area contributed by atoms with E-state index in [4.69, 9.17) is 5.11 Å². The quantitative estimate of drug-likeness (QED) is 0.661. The molecule has 12 heavy (non-hydrogen) atoms. The molecule has 0 saturated carbocycles. The summed E-state index contributed by atoms with van der Waals surface area (Å²) in [5.41, 5.74) is 0. The van der Waals surface area contributed by atoms with E-state index in [1.165, 1.54) is 0 Å². The summed E-state index contributed by atoms with van der Waals surface area (Å²) in [6, 6.07) is 0.208. The molecule has 0 amide bonds. The highest BCUT2D eigenvalue weighted by atomic mass is 19.1. The van der Waals surface area contributed by atoms with E-state index in [-0.39, 0.29) is 12.5 Å². The van der Waals surface area contributed by atoms with Crippen LogP contribution in [0, 0.1) is 0 Å². The highest BCUT2D eigenvalue weighted by Crippen LogP contribution is 1.99.